The summed E-state index contributed by atoms with van der Waals surface area (Å²) in [5, 5.41) is 22.2. The van der Waals surface area contributed by atoms with E-state index < -0.39 is 6.10 Å². The first-order valence-electron chi connectivity index (χ1n) is 5.23. The van der Waals surface area contributed by atoms with Gasteiger partial charge in [-0.15, -0.1) is 10.2 Å². The molecule has 1 aromatic heterocycles. The van der Waals surface area contributed by atoms with E-state index in [1.807, 2.05) is 19.1 Å². The van der Waals surface area contributed by atoms with Crippen LogP contribution in [0.15, 0.2) is 18.2 Å². The van der Waals surface area contributed by atoms with Gasteiger partial charge in [-0.05, 0) is 29.3 Å². The molecule has 17 heavy (non-hydrogen) atoms. The van der Waals surface area contributed by atoms with Crippen LogP contribution in [0.2, 0.25) is 5.02 Å². The van der Waals surface area contributed by atoms with Crippen molar-refractivity contribution in [3.63, 3.8) is 0 Å². The third kappa shape index (κ3) is 2.81. The minimum absolute atomic E-state index is 0.327. The van der Waals surface area contributed by atoms with Crippen molar-refractivity contribution in [2.75, 3.05) is 0 Å². The molecule has 0 saturated heterocycles. The van der Waals surface area contributed by atoms with Crippen molar-refractivity contribution >= 4 is 11.6 Å². The molecular weight excluding hydrogens is 240 g/mol. The Balaban J connectivity index is 2.14. The number of hydrogen-bond donors (Lipinski definition) is 1. The van der Waals surface area contributed by atoms with E-state index in [2.05, 4.69) is 15.4 Å². The van der Waals surface area contributed by atoms with Gasteiger partial charge in [0.2, 0.25) is 0 Å². The van der Waals surface area contributed by atoms with Crippen LogP contribution in [-0.2, 0) is 13.5 Å². The summed E-state index contributed by atoms with van der Waals surface area (Å²) in [5.74, 6) is 0.511. The van der Waals surface area contributed by atoms with Gasteiger partial charge >= 0.3 is 0 Å². The van der Waals surface area contributed by atoms with E-state index in [0.29, 0.717) is 17.3 Å². The van der Waals surface area contributed by atoms with Gasteiger partial charge in [0.25, 0.3) is 0 Å². The Morgan fingerprint density at radius 2 is 2.24 bits per heavy atom. The molecule has 2 rings (SSSR count). The fourth-order valence-corrected chi connectivity index (χ4v) is 1.70. The van der Waals surface area contributed by atoms with E-state index in [1.54, 1.807) is 13.1 Å². The molecule has 1 aromatic carbocycles. The van der Waals surface area contributed by atoms with E-state index in [9.17, 15) is 5.11 Å². The van der Waals surface area contributed by atoms with Crippen molar-refractivity contribution in [1.82, 2.24) is 20.2 Å². The normalized spacial score (nSPS) is 12.7. The molecule has 2 aromatic rings. The second-order valence-electron chi connectivity index (χ2n) is 3.92. The van der Waals surface area contributed by atoms with E-state index in [-0.39, 0.29) is 0 Å². The van der Waals surface area contributed by atoms with Crippen molar-refractivity contribution in [2.45, 2.75) is 19.4 Å². The molecule has 1 heterocycles. The molecule has 1 N–H and O–H groups in total. The maximum atomic E-state index is 10.0. The number of benzene rings is 1. The van der Waals surface area contributed by atoms with Crippen LogP contribution in [0.5, 0.6) is 0 Å². The van der Waals surface area contributed by atoms with Gasteiger partial charge in [-0.25, -0.2) is 0 Å². The maximum Gasteiger partial charge on any atom is 0.177 e. The average molecular weight is 253 g/mol. The van der Waals surface area contributed by atoms with Gasteiger partial charge in [-0.2, -0.15) is 4.80 Å². The monoisotopic (exact) mass is 252 g/mol. The van der Waals surface area contributed by atoms with Gasteiger partial charge in [-0.1, -0.05) is 23.7 Å². The van der Waals surface area contributed by atoms with E-state index in [1.165, 1.54) is 4.80 Å². The van der Waals surface area contributed by atoms with Crippen LogP contribution in [0.3, 0.4) is 0 Å². The summed E-state index contributed by atoms with van der Waals surface area (Å²) < 4.78 is 0. The Morgan fingerprint density at radius 3 is 2.82 bits per heavy atom. The first-order valence-corrected chi connectivity index (χ1v) is 5.61. The van der Waals surface area contributed by atoms with Crippen LogP contribution in [-0.4, -0.2) is 25.3 Å². The number of aryl methyl sites for hydroxylation is 2. The number of aliphatic hydroxyl groups excluding tert-OH is 1. The second-order valence-corrected chi connectivity index (χ2v) is 4.33. The van der Waals surface area contributed by atoms with E-state index in [4.69, 9.17) is 11.6 Å². The zero-order valence-electron chi connectivity index (χ0n) is 9.63. The van der Waals surface area contributed by atoms with Gasteiger partial charge < -0.3 is 5.11 Å². The zero-order chi connectivity index (χ0) is 12.4. The molecule has 90 valence electrons. The Kier molecular flexibility index (Phi) is 3.40. The Bertz CT molecular complexity index is 526. The first-order chi connectivity index (χ1) is 8.06. The molecule has 0 spiro atoms. The Morgan fingerprint density at radius 1 is 1.47 bits per heavy atom. The standard InChI is InChI=1S/C11H13ClN4O/c1-7-3-4-8(5-9(7)12)10(17)6-11-13-15-16(2)14-11/h3-5,10,17H,6H2,1-2H3. The molecule has 0 aliphatic heterocycles. The number of aliphatic hydroxyl groups is 1. The van der Waals surface area contributed by atoms with Crippen LogP contribution < -0.4 is 0 Å². The lowest BCUT2D eigenvalue weighted by Crippen LogP contribution is -2.04. The lowest BCUT2D eigenvalue weighted by molar-refractivity contribution is 0.175. The van der Waals surface area contributed by atoms with Crippen molar-refractivity contribution in [3.8, 4) is 0 Å². The van der Waals surface area contributed by atoms with Gasteiger partial charge in [0.05, 0.1) is 13.2 Å². The predicted octanol–water partition coefficient (Wildman–Crippen LogP) is 1.45. The van der Waals surface area contributed by atoms with Crippen molar-refractivity contribution < 1.29 is 5.11 Å². The summed E-state index contributed by atoms with van der Waals surface area (Å²) >= 11 is 6.01. The van der Waals surface area contributed by atoms with Gasteiger partial charge in [0.15, 0.2) is 5.82 Å². The second kappa shape index (κ2) is 4.81. The molecule has 0 aliphatic rings. The SMILES string of the molecule is Cc1ccc(C(O)Cc2nnn(C)n2)cc1Cl. The van der Waals surface area contributed by atoms with E-state index >= 15 is 0 Å². The molecule has 0 bridgehead atoms. The molecule has 0 fully saturated rings. The summed E-state index contributed by atoms with van der Waals surface area (Å²) in [6, 6.07) is 5.49. The number of halogens is 1. The van der Waals surface area contributed by atoms with Crippen LogP contribution in [0.25, 0.3) is 0 Å². The molecule has 5 nitrogen and oxygen atoms in total. The van der Waals surface area contributed by atoms with Crippen LogP contribution in [0.4, 0.5) is 0 Å². The first kappa shape index (κ1) is 12.0. The average Bonchev–Trinajstić information content (AvgIpc) is 2.68. The topological polar surface area (TPSA) is 63.8 Å². The van der Waals surface area contributed by atoms with Gasteiger partial charge in [-0.3, -0.25) is 0 Å². The third-order valence-corrected chi connectivity index (χ3v) is 2.91. The Hall–Kier alpha value is -1.46. The zero-order valence-corrected chi connectivity index (χ0v) is 10.4. The summed E-state index contributed by atoms with van der Waals surface area (Å²) in [6.07, 6.45) is -0.343. The maximum absolute atomic E-state index is 10.0. The highest BCUT2D eigenvalue weighted by Gasteiger charge is 2.13. The van der Waals surface area contributed by atoms with Crippen LogP contribution in [0, 0.1) is 6.92 Å². The van der Waals surface area contributed by atoms with E-state index in [0.717, 1.165) is 11.1 Å². The minimum atomic E-state index is -0.669. The van der Waals surface area contributed by atoms with Crippen LogP contribution in [0.1, 0.15) is 23.1 Å². The Labute approximate surface area is 104 Å². The van der Waals surface area contributed by atoms with Crippen molar-refractivity contribution in [1.29, 1.82) is 0 Å². The highest BCUT2D eigenvalue weighted by molar-refractivity contribution is 6.31. The number of tetrazole rings is 1. The lowest BCUT2D eigenvalue weighted by Gasteiger charge is -2.09. The number of rotatable bonds is 3. The molecule has 0 saturated carbocycles. The third-order valence-electron chi connectivity index (χ3n) is 2.51. The van der Waals surface area contributed by atoms with Crippen molar-refractivity contribution in [2.24, 2.45) is 7.05 Å². The fourth-order valence-electron chi connectivity index (χ4n) is 1.51. The summed E-state index contributed by atoms with van der Waals surface area (Å²) in [5.41, 5.74) is 1.74. The predicted molar refractivity (Wildman–Crippen MR) is 63.7 cm³/mol. The molecule has 6 heteroatoms. The quantitative estimate of drug-likeness (QED) is 0.898. The molecule has 0 radical (unpaired) electrons. The highest BCUT2D eigenvalue weighted by Crippen LogP contribution is 2.22. The summed E-state index contributed by atoms with van der Waals surface area (Å²) in [6.45, 7) is 1.92. The van der Waals surface area contributed by atoms with Crippen LogP contribution >= 0.6 is 11.6 Å². The highest BCUT2D eigenvalue weighted by atomic mass is 35.5. The summed E-state index contributed by atoms with van der Waals surface area (Å²) in [4.78, 5) is 1.37. The lowest BCUT2D eigenvalue weighted by atomic mass is 10.0. The minimum Gasteiger partial charge on any atom is -0.388 e. The molecule has 1 unspecified atom stereocenters. The summed E-state index contributed by atoms with van der Waals surface area (Å²) in [7, 11) is 1.69. The molecule has 1 atom stereocenters. The number of aromatic nitrogens is 4. The fraction of sp³-hybridized carbons (Fsp3) is 0.364. The number of hydrogen-bond acceptors (Lipinski definition) is 4. The van der Waals surface area contributed by atoms with Gasteiger partial charge in [0.1, 0.15) is 0 Å². The molecule has 0 aliphatic carbocycles. The van der Waals surface area contributed by atoms with Crippen molar-refractivity contribution in [3.05, 3.63) is 40.2 Å². The van der Waals surface area contributed by atoms with Gasteiger partial charge in [0, 0.05) is 11.4 Å². The molecular formula is C11H13ClN4O. The number of nitrogens with zero attached hydrogens (tertiary/aromatic N) is 4. The largest absolute Gasteiger partial charge is 0.388 e. The molecule has 0 amide bonds. The smallest absolute Gasteiger partial charge is 0.177 e.